The second kappa shape index (κ2) is 4.97. The van der Waals surface area contributed by atoms with Crippen molar-refractivity contribution in [2.45, 2.75) is 0 Å². The fraction of sp³-hybridized carbons (Fsp3) is 0. The first-order chi connectivity index (χ1) is 8.70. The van der Waals surface area contributed by atoms with E-state index >= 15 is 0 Å². The molecule has 0 aliphatic heterocycles. The summed E-state index contributed by atoms with van der Waals surface area (Å²) in [5.41, 5.74) is 0.459. The molecule has 5 heteroatoms. The van der Waals surface area contributed by atoms with Crippen molar-refractivity contribution in [3.8, 4) is 17.6 Å². The van der Waals surface area contributed by atoms with Gasteiger partial charge in [-0.05, 0) is 24.3 Å². The lowest BCUT2D eigenvalue weighted by molar-refractivity contribution is 0.0696. The summed E-state index contributed by atoms with van der Waals surface area (Å²) < 4.78 is 5.44. The summed E-state index contributed by atoms with van der Waals surface area (Å²) in [7, 11) is 0. The highest BCUT2D eigenvalue weighted by atomic mass is 16.5. The van der Waals surface area contributed by atoms with Crippen LogP contribution in [-0.2, 0) is 0 Å². The Morgan fingerprint density at radius 1 is 1.39 bits per heavy atom. The third kappa shape index (κ3) is 2.44. The molecule has 18 heavy (non-hydrogen) atoms. The number of rotatable bonds is 3. The molecule has 2 rings (SSSR count). The van der Waals surface area contributed by atoms with E-state index in [-0.39, 0.29) is 5.56 Å². The Hall–Kier alpha value is -2.87. The summed E-state index contributed by atoms with van der Waals surface area (Å²) in [6, 6.07) is 9.53. The Bertz CT molecular complexity index is 632. The van der Waals surface area contributed by atoms with Gasteiger partial charge >= 0.3 is 5.97 Å². The second-order valence-electron chi connectivity index (χ2n) is 3.42. The van der Waals surface area contributed by atoms with Gasteiger partial charge in [-0.3, -0.25) is 4.98 Å². The van der Waals surface area contributed by atoms with Crippen molar-refractivity contribution in [2.24, 2.45) is 0 Å². The number of nitrogens with zero attached hydrogens (tertiary/aromatic N) is 2. The molecule has 5 nitrogen and oxygen atoms in total. The van der Waals surface area contributed by atoms with Gasteiger partial charge in [-0.15, -0.1) is 0 Å². The number of benzene rings is 1. The van der Waals surface area contributed by atoms with Crippen molar-refractivity contribution in [1.29, 1.82) is 5.26 Å². The van der Waals surface area contributed by atoms with Crippen LogP contribution < -0.4 is 4.74 Å². The molecule has 1 N–H and O–H groups in total. The van der Waals surface area contributed by atoms with Crippen molar-refractivity contribution in [3.05, 3.63) is 53.9 Å². The number of hydrogen-bond donors (Lipinski definition) is 1. The zero-order valence-corrected chi connectivity index (χ0v) is 9.20. The average Bonchev–Trinajstić information content (AvgIpc) is 2.39. The summed E-state index contributed by atoms with van der Waals surface area (Å²) in [6.07, 6.45) is 2.89. The molecule has 2 aromatic rings. The van der Waals surface area contributed by atoms with E-state index in [1.165, 1.54) is 30.6 Å². The van der Waals surface area contributed by atoms with Gasteiger partial charge in [0.15, 0.2) is 5.75 Å². The minimum atomic E-state index is -1.04. The van der Waals surface area contributed by atoms with Crippen LogP contribution in [-0.4, -0.2) is 16.1 Å². The number of pyridine rings is 1. The third-order valence-corrected chi connectivity index (χ3v) is 2.21. The molecule has 0 spiro atoms. The highest BCUT2D eigenvalue weighted by molar-refractivity contribution is 5.88. The molecule has 1 heterocycles. The fourth-order valence-electron chi connectivity index (χ4n) is 1.37. The maximum atomic E-state index is 10.8. The van der Waals surface area contributed by atoms with E-state index < -0.39 is 5.97 Å². The number of ether oxygens (including phenoxy) is 1. The molecule has 1 aromatic carbocycles. The van der Waals surface area contributed by atoms with Gasteiger partial charge < -0.3 is 9.84 Å². The van der Waals surface area contributed by atoms with Crippen molar-refractivity contribution in [2.75, 3.05) is 0 Å². The topological polar surface area (TPSA) is 83.2 Å². The molecule has 0 fully saturated rings. The number of aromatic carboxylic acids is 1. The first kappa shape index (κ1) is 11.6. The Balaban J connectivity index is 2.32. The maximum absolute atomic E-state index is 10.8. The van der Waals surface area contributed by atoms with Crippen LogP contribution in [0.3, 0.4) is 0 Å². The maximum Gasteiger partial charge on any atom is 0.335 e. The van der Waals surface area contributed by atoms with Crippen LogP contribution in [0, 0.1) is 11.3 Å². The van der Waals surface area contributed by atoms with Crippen LogP contribution in [0.5, 0.6) is 11.5 Å². The summed E-state index contributed by atoms with van der Waals surface area (Å²) in [6.45, 7) is 0. The Morgan fingerprint density at radius 2 is 2.22 bits per heavy atom. The third-order valence-electron chi connectivity index (χ3n) is 2.21. The van der Waals surface area contributed by atoms with Gasteiger partial charge in [0.2, 0.25) is 0 Å². The summed E-state index contributed by atoms with van der Waals surface area (Å²) in [4.78, 5) is 14.7. The minimum absolute atomic E-state index is 0.120. The van der Waals surface area contributed by atoms with Gasteiger partial charge in [-0.25, -0.2) is 4.79 Å². The monoisotopic (exact) mass is 240 g/mol. The predicted octanol–water partition coefficient (Wildman–Crippen LogP) is 2.44. The molecule has 0 atom stereocenters. The second-order valence-corrected chi connectivity index (χ2v) is 3.42. The smallest absolute Gasteiger partial charge is 0.335 e. The van der Waals surface area contributed by atoms with Crippen LogP contribution >= 0.6 is 0 Å². The number of aromatic nitrogens is 1. The summed E-state index contributed by atoms with van der Waals surface area (Å²) >= 11 is 0. The molecule has 1 aromatic heterocycles. The largest absolute Gasteiger partial charge is 0.478 e. The van der Waals surface area contributed by atoms with Gasteiger partial charge in [-0.2, -0.15) is 5.26 Å². The highest BCUT2D eigenvalue weighted by Gasteiger charge is 2.07. The molecule has 0 aliphatic carbocycles. The zero-order valence-electron chi connectivity index (χ0n) is 9.20. The standard InChI is InChI=1S/C13H8N2O3/c14-7-10-4-5-15-8-12(10)18-11-3-1-2-9(6-11)13(16)17/h1-6,8H,(H,16,17). The molecule has 0 radical (unpaired) electrons. The van der Waals surface area contributed by atoms with Crippen LogP contribution in [0.15, 0.2) is 42.7 Å². The van der Waals surface area contributed by atoms with Crippen molar-refractivity contribution < 1.29 is 14.6 Å². The SMILES string of the molecule is N#Cc1ccncc1Oc1cccc(C(=O)O)c1. The van der Waals surface area contributed by atoms with E-state index in [0.29, 0.717) is 17.1 Å². The normalized spacial score (nSPS) is 9.50. The number of carboxylic acids is 1. The zero-order chi connectivity index (χ0) is 13.0. The number of nitriles is 1. The van der Waals surface area contributed by atoms with E-state index in [2.05, 4.69) is 4.98 Å². The number of carboxylic acid groups (broad SMARTS) is 1. The molecule has 0 saturated carbocycles. The van der Waals surface area contributed by atoms with Crippen LogP contribution in [0.2, 0.25) is 0 Å². The lowest BCUT2D eigenvalue weighted by Crippen LogP contribution is -1.96. The molecule has 88 valence electrons. The minimum Gasteiger partial charge on any atom is -0.478 e. The van der Waals surface area contributed by atoms with E-state index in [1.807, 2.05) is 6.07 Å². The molecular formula is C13H8N2O3. The van der Waals surface area contributed by atoms with Crippen LogP contribution in [0.1, 0.15) is 15.9 Å². The first-order valence-electron chi connectivity index (χ1n) is 5.06. The molecule has 0 bridgehead atoms. The Labute approximate surface area is 103 Å². The average molecular weight is 240 g/mol. The molecule has 0 amide bonds. The quantitative estimate of drug-likeness (QED) is 0.890. The van der Waals surface area contributed by atoms with Gasteiger partial charge in [0.25, 0.3) is 0 Å². The summed E-state index contributed by atoms with van der Waals surface area (Å²) in [5.74, 6) is -0.394. The van der Waals surface area contributed by atoms with E-state index in [9.17, 15) is 4.79 Å². The van der Waals surface area contributed by atoms with Gasteiger partial charge in [0, 0.05) is 6.20 Å². The van der Waals surface area contributed by atoms with E-state index in [0.717, 1.165) is 0 Å². The Morgan fingerprint density at radius 3 is 2.94 bits per heavy atom. The number of carbonyl (C=O) groups is 1. The van der Waals surface area contributed by atoms with Crippen molar-refractivity contribution in [3.63, 3.8) is 0 Å². The molecule has 0 unspecified atom stereocenters. The fourth-order valence-corrected chi connectivity index (χ4v) is 1.37. The van der Waals surface area contributed by atoms with Crippen molar-refractivity contribution in [1.82, 2.24) is 4.98 Å². The molecule has 0 saturated heterocycles. The molecular weight excluding hydrogens is 232 g/mol. The summed E-state index contributed by atoms with van der Waals surface area (Å²) in [5, 5.41) is 17.7. The lowest BCUT2D eigenvalue weighted by atomic mass is 10.2. The Kier molecular flexibility index (Phi) is 3.21. The van der Waals surface area contributed by atoms with Crippen molar-refractivity contribution >= 4 is 5.97 Å². The van der Waals surface area contributed by atoms with Crippen LogP contribution in [0.4, 0.5) is 0 Å². The highest BCUT2D eigenvalue weighted by Crippen LogP contribution is 2.24. The van der Waals surface area contributed by atoms with Gasteiger partial charge in [0.05, 0.1) is 17.3 Å². The van der Waals surface area contributed by atoms with E-state index in [4.69, 9.17) is 15.1 Å². The predicted molar refractivity (Wildman–Crippen MR) is 62.4 cm³/mol. The number of hydrogen-bond acceptors (Lipinski definition) is 4. The lowest BCUT2D eigenvalue weighted by Gasteiger charge is -2.06. The van der Waals surface area contributed by atoms with E-state index in [1.54, 1.807) is 12.1 Å². The van der Waals surface area contributed by atoms with Gasteiger partial charge in [-0.1, -0.05) is 6.07 Å². The first-order valence-corrected chi connectivity index (χ1v) is 5.06. The van der Waals surface area contributed by atoms with Gasteiger partial charge in [0.1, 0.15) is 11.8 Å². The van der Waals surface area contributed by atoms with Crippen LogP contribution in [0.25, 0.3) is 0 Å². The molecule has 0 aliphatic rings.